The maximum atomic E-state index is 13.4. The average molecular weight is 489 g/mol. The maximum Gasteiger partial charge on any atom is 0.222 e. The van der Waals surface area contributed by atoms with E-state index in [1.807, 2.05) is 23.1 Å². The molecule has 0 unspecified atom stereocenters. The van der Waals surface area contributed by atoms with Crippen molar-refractivity contribution in [3.8, 4) is 0 Å². The standard InChI is InChI=1S/C31H34F2N2O/c32-28-16-12-26(13-17-28)30(27-14-18-29(33)19-15-27)10-4-5-11-31(36)35-23-21-34(22-24-35)20-6-9-25-7-2-1-3-8-25/h1-3,6-9,12-19,30H,4-5,10-11,20-24H2/b9-6+. The highest BCUT2D eigenvalue weighted by Crippen LogP contribution is 2.30. The van der Waals surface area contributed by atoms with Gasteiger partial charge in [-0.2, -0.15) is 0 Å². The zero-order valence-electron chi connectivity index (χ0n) is 20.7. The van der Waals surface area contributed by atoms with Gasteiger partial charge in [0.05, 0.1) is 0 Å². The molecule has 1 saturated heterocycles. The lowest BCUT2D eigenvalue weighted by Gasteiger charge is -2.34. The Kier molecular flexibility index (Phi) is 9.40. The largest absolute Gasteiger partial charge is 0.340 e. The summed E-state index contributed by atoms with van der Waals surface area (Å²) in [5, 5.41) is 0. The van der Waals surface area contributed by atoms with Gasteiger partial charge in [-0.05, 0) is 53.8 Å². The number of unbranched alkanes of at least 4 members (excludes halogenated alkanes) is 1. The highest BCUT2D eigenvalue weighted by atomic mass is 19.1. The lowest BCUT2D eigenvalue weighted by molar-refractivity contribution is -0.133. The van der Waals surface area contributed by atoms with E-state index >= 15 is 0 Å². The van der Waals surface area contributed by atoms with E-state index in [-0.39, 0.29) is 23.5 Å². The molecule has 1 aliphatic rings. The maximum absolute atomic E-state index is 13.4. The van der Waals surface area contributed by atoms with Crippen LogP contribution in [0.3, 0.4) is 0 Å². The minimum Gasteiger partial charge on any atom is -0.340 e. The smallest absolute Gasteiger partial charge is 0.222 e. The van der Waals surface area contributed by atoms with Crippen LogP contribution in [0.15, 0.2) is 84.9 Å². The van der Waals surface area contributed by atoms with Crippen molar-refractivity contribution in [1.82, 2.24) is 9.80 Å². The van der Waals surface area contributed by atoms with E-state index in [0.717, 1.165) is 63.1 Å². The number of hydrogen-bond donors (Lipinski definition) is 0. The van der Waals surface area contributed by atoms with Crippen LogP contribution in [0.1, 0.15) is 48.3 Å². The second kappa shape index (κ2) is 13.1. The van der Waals surface area contributed by atoms with E-state index in [1.165, 1.54) is 29.8 Å². The highest BCUT2D eigenvalue weighted by Gasteiger charge is 2.20. The Labute approximate surface area is 213 Å². The SMILES string of the molecule is O=C(CCCCC(c1ccc(F)cc1)c1ccc(F)cc1)N1CCN(C/C=C/c2ccccc2)CC1. The van der Waals surface area contributed by atoms with E-state index in [4.69, 9.17) is 0 Å². The molecule has 3 nitrogen and oxygen atoms in total. The zero-order chi connectivity index (χ0) is 25.2. The van der Waals surface area contributed by atoms with Crippen LogP contribution in [0.4, 0.5) is 8.78 Å². The predicted octanol–water partition coefficient (Wildman–Crippen LogP) is 6.51. The molecule has 0 saturated carbocycles. The number of piperazine rings is 1. The number of halogens is 2. The number of carbonyl (C=O) groups is 1. The number of rotatable bonds is 10. The molecule has 1 fully saturated rings. The molecule has 0 bridgehead atoms. The molecule has 188 valence electrons. The molecule has 1 aliphatic heterocycles. The van der Waals surface area contributed by atoms with Crippen LogP contribution in [0, 0.1) is 11.6 Å². The number of hydrogen-bond acceptors (Lipinski definition) is 2. The summed E-state index contributed by atoms with van der Waals surface area (Å²) in [6, 6.07) is 23.3. The Bertz CT molecular complexity index is 1060. The van der Waals surface area contributed by atoms with Crippen LogP contribution in [0.25, 0.3) is 6.08 Å². The Morgan fingerprint density at radius 1 is 0.778 bits per heavy atom. The van der Waals surface area contributed by atoms with Crippen molar-refractivity contribution in [3.05, 3.63) is 113 Å². The Hall–Kier alpha value is -3.31. The molecule has 36 heavy (non-hydrogen) atoms. The van der Waals surface area contributed by atoms with Crippen molar-refractivity contribution in [3.63, 3.8) is 0 Å². The average Bonchev–Trinajstić information content (AvgIpc) is 2.91. The molecular weight excluding hydrogens is 454 g/mol. The number of amides is 1. The van der Waals surface area contributed by atoms with E-state index in [0.29, 0.717) is 6.42 Å². The van der Waals surface area contributed by atoms with Gasteiger partial charge in [-0.1, -0.05) is 73.2 Å². The molecule has 0 radical (unpaired) electrons. The van der Waals surface area contributed by atoms with Gasteiger partial charge in [0, 0.05) is 45.1 Å². The van der Waals surface area contributed by atoms with Crippen molar-refractivity contribution in [2.75, 3.05) is 32.7 Å². The lowest BCUT2D eigenvalue weighted by atomic mass is 9.87. The fraction of sp³-hybridized carbons (Fsp3) is 0.323. The van der Waals surface area contributed by atoms with Crippen LogP contribution in [0.5, 0.6) is 0 Å². The first kappa shape index (κ1) is 25.8. The first-order chi connectivity index (χ1) is 17.6. The third-order valence-corrected chi connectivity index (χ3v) is 6.88. The second-order valence-corrected chi connectivity index (χ2v) is 9.40. The zero-order valence-corrected chi connectivity index (χ0v) is 20.7. The first-order valence-electron chi connectivity index (χ1n) is 12.8. The number of carbonyl (C=O) groups excluding carboxylic acids is 1. The van der Waals surface area contributed by atoms with Crippen molar-refractivity contribution in [1.29, 1.82) is 0 Å². The fourth-order valence-corrected chi connectivity index (χ4v) is 4.78. The molecule has 0 atom stereocenters. The van der Waals surface area contributed by atoms with Crippen molar-refractivity contribution >= 4 is 12.0 Å². The van der Waals surface area contributed by atoms with E-state index < -0.39 is 0 Å². The predicted molar refractivity (Wildman–Crippen MR) is 142 cm³/mol. The molecule has 0 aromatic heterocycles. The summed E-state index contributed by atoms with van der Waals surface area (Å²) in [6.45, 7) is 4.22. The Morgan fingerprint density at radius 2 is 1.36 bits per heavy atom. The van der Waals surface area contributed by atoms with Gasteiger partial charge in [-0.3, -0.25) is 9.69 Å². The van der Waals surface area contributed by atoms with Crippen molar-refractivity contribution < 1.29 is 13.6 Å². The fourth-order valence-electron chi connectivity index (χ4n) is 4.78. The Morgan fingerprint density at radius 3 is 1.94 bits per heavy atom. The molecule has 0 aliphatic carbocycles. The molecule has 3 aromatic carbocycles. The van der Waals surface area contributed by atoms with Crippen molar-refractivity contribution in [2.24, 2.45) is 0 Å². The number of nitrogens with zero attached hydrogens (tertiary/aromatic N) is 2. The molecule has 0 N–H and O–H groups in total. The van der Waals surface area contributed by atoms with Gasteiger partial charge in [0.2, 0.25) is 5.91 Å². The molecule has 4 rings (SSSR count). The van der Waals surface area contributed by atoms with E-state index in [2.05, 4.69) is 29.2 Å². The summed E-state index contributed by atoms with van der Waals surface area (Å²) in [5.41, 5.74) is 3.21. The van der Waals surface area contributed by atoms with E-state index in [9.17, 15) is 13.6 Å². The first-order valence-corrected chi connectivity index (χ1v) is 12.8. The van der Waals surface area contributed by atoms with Gasteiger partial charge in [-0.15, -0.1) is 0 Å². The molecule has 5 heteroatoms. The summed E-state index contributed by atoms with van der Waals surface area (Å²) in [7, 11) is 0. The highest BCUT2D eigenvalue weighted by molar-refractivity contribution is 5.76. The van der Waals surface area contributed by atoms with Gasteiger partial charge < -0.3 is 4.90 Å². The van der Waals surface area contributed by atoms with Gasteiger partial charge in [-0.25, -0.2) is 8.78 Å². The summed E-state index contributed by atoms with van der Waals surface area (Å²) in [5.74, 6) is -0.271. The van der Waals surface area contributed by atoms with Crippen molar-refractivity contribution in [2.45, 2.75) is 31.6 Å². The molecular formula is C31H34F2N2O. The summed E-state index contributed by atoms with van der Waals surface area (Å²) >= 11 is 0. The summed E-state index contributed by atoms with van der Waals surface area (Å²) in [4.78, 5) is 17.1. The summed E-state index contributed by atoms with van der Waals surface area (Å²) < 4.78 is 26.9. The van der Waals surface area contributed by atoms with Gasteiger partial charge in [0.25, 0.3) is 0 Å². The van der Waals surface area contributed by atoms with Crippen LogP contribution in [0.2, 0.25) is 0 Å². The van der Waals surface area contributed by atoms with Crippen LogP contribution < -0.4 is 0 Å². The van der Waals surface area contributed by atoms with Gasteiger partial charge in [0.15, 0.2) is 0 Å². The second-order valence-electron chi connectivity index (χ2n) is 9.40. The van der Waals surface area contributed by atoms with Crippen LogP contribution in [-0.2, 0) is 4.79 Å². The summed E-state index contributed by atoms with van der Waals surface area (Å²) in [6.07, 6.45) is 7.36. The van der Waals surface area contributed by atoms with Crippen LogP contribution in [-0.4, -0.2) is 48.4 Å². The molecule has 1 heterocycles. The van der Waals surface area contributed by atoms with Gasteiger partial charge in [0.1, 0.15) is 11.6 Å². The number of benzene rings is 3. The lowest BCUT2D eigenvalue weighted by Crippen LogP contribution is -2.48. The quantitative estimate of drug-likeness (QED) is 0.304. The third kappa shape index (κ3) is 7.59. The molecule has 3 aromatic rings. The molecule has 1 amide bonds. The minimum absolute atomic E-state index is 0.0498. The normalized spacial score (nSPS) is 14.6. The minimum atomic E-state index is -0.269. The Balaban J connectivity index is 1.21. The molecule has 0 spiro atoms. The van der Waals surface area contributed by atoms with Gasteiger partial charge >= 0.3 is 0 Å². The van der Waals surface area contributed by atoms with Crippen LogP contribution >= 0.6 is 0 Å². The van der Waals surface area contributed by atoms with E-state index in [1.54, 1.807) is 24.3 Å². The topological polar surface area (TPSA) is 23.6 Å². The monoisotopic (exact) mass is 488 g/mol. The third-order valence-electron chi connectivity index (χ3n) is 6.88.